The Kier molecular flexibility index (Phi) is 6.09. The number of fused-ring (bicyclic) bond motifs is 1. The first-order valence-corrected chi connectivity index (χ1v) is 10.6. The topological polar surface area (TPSA) is 58.6 Å². The molecule has 0 saturated carbocycles. The van der Waals surface area contributed by atoms with E-state index in [2.05, 4.69) is 16.9 Å². The summed E-state index contributed by atoms with van der Waals surface area (Å²) in [5, 5.41) is 0. The minimum Gasteiger partial charge on any atom is -0.494 e. The van der Waals surface area contributed by atoms with E-state index < -0.39 is 0 Å². The summed E-state index contributed by atoms with van der Waals surface area (Å²) in [6, 6.07) is 7.83. The minimum absolute atomic E-state index is 0.196. The van der Waals surface area contributed by atoms with E-state index >= 15 is 0 Å². The number of amides is 1. The van der Waals surface area contributed by atoms with Crippen molar-refractivity contribution in [2.24, 2.45) is 0 Å². The Morgan fingerprint density at radius 1 is 1.17 bits per heavy atom. The Bertz CT molecular complexity index is 844. The second-order valence-electron chi connectivity index (χ2n) is 8.10. The molecule has 29 heavy (non-hydrogen) atoms. The van der Waals surface area contributed by atoms with Gasteiger partial charge in [-0.15, -0.1) is 0 Å². The van der Waals surface area contributed by atoms with Crippen molar-refractivity contribution in [1.82, 2.24) is 19.8 Å². The fraction of sp³-hybridized carbons (Fsp3) is 0.522. The average molecular weight is 395 g/mol. The van der Waals surface area contributed by atoms with E-state index in [4.69, 9.17) is 9.72 Å². The Balaban J connectivity index is 1.31. The van der Waals surface area contributed by atoms with Crippen molar-refractivity contribution in [3.8, 4) is 5.75 Å². The van der Waals surface area contributed by atoms with Crippen molar-refractivity contribution in [1.29, 1.82) is 0 Å². The molecule has 4 rings (SSSR count). The third-order valence-corrected chi connectivity index (χ3v) is 5.95. The molecule has 0 spiro atoms. The second kappa shape index (κ2) is 8.91. The molecule has 0 N–H and O–H groups in total. The number of rotatable bonds is 5. The summed E-state index contributed by atoms with van der Waals surface area (Å²) in [5.41, 5.74) is 3.50. The lowest BCUT2D eigenvalue weighted by Crippen LogP contribution is -2.39. The largest absolute Gasteiger partial charge is 0.494 e. The van der Waals surface area contributed by atoms with Crippen molar-refractivity contribution in [3.63, 3.8) is 0 Å². The number of carbonyl (C=O) groups is 1. The van der Waals surface area contributed by atoms with Gasteiger partial charge in [0, 0.05) is 56.0 Å². The van der Waals surface area contributed by atoms with Crippen molar-refractivity contribution < 1.29 is 9.53 Å². The fourth-order valence-electron chi connectivity index (χ4n) is 4.21. The predicted molar refractivity (Wildman–Crippen MR) is 112 cm³/mol. The van der Waals surface area contributed by atoms with Crippen LogP contribution in [-0.4, -0.2) is 59.0 Å². The molecule has 1 aromatic carbocycles. The van der Waals surface area contributed by atoms with Gasteiger partial charge in [0.05, 0.1) is 13.0 Å². The maximum absolute atomic E-state index is 12.7. The summed E-state index contributed by atoms with van der Waals surface area (Å²) >= 11 is 0. The lowest BCUT2D eigenvalue weighted by Gasteiger charge is -2.32. The number of nitrogens with zero attached hydrogens (tertiary/aromatic N) is 4. The third kappa shape index (κ3) is 4.75. The number of likely N-dealkylation sites (N-methyl/N-ethyl adjacent to an activating group) is 1. The van der Waals surface area contributed by atoms with E-state index in [-0.39, 0.29) is 5.91 Å². The molecule has 1 aromatic heterocycles. The van der Waals surface area contributed by atoms with E-state index in [1.165, 1.54) is 11.3 Å². The van der Waals surface area contributed by atoms with Crippen LogP contribution in [0.4, 0.5) is 0 Å². The normalized spacial score (nSPS) is 17.8. The van der Waals surface area contributed by atoms with Crippen molar-refractivity contribution in [2.75, 3.05) is 33.3 Å². The highest BCUT2D eigenvalue weighted by atomic mass is 16.5. The van der Waals surface area contributed by atoms with Crippen LogP contribution < -0.4 is 4.74 Å². The summed E-state index contributed by atoms with van der Waals surface area (Å²) < 4.78 is 5.47. The highest BCUT2D eigenvalue weighted by Gasteiger charge is 2.26. The number of aromatic nitrogens is 2. The first-order valence-electron chi connectivity index (χ1n) is 10.6. The van der Waals surface area contributed by atoms with Gasteiger partial charge in [0.1, 0.15) is 11.6 Å². The van der Waals surface area contributed by atoms with Gasteiger partial charge in [-0.3, -0.25) is 4.79 Å². The molecular formula is C23H30N4O2. The number of carbonyl (C=O) groups excluding carboxylic acids is 1. The molecule has 1 saturated heterocycles. The van der Waals surface area contributed by atoms with E-state index in [1.807, 2.05) is 42.3 Å². The zero-order valence-corrected chi connectivity index (χ0v) is 17.4. The fourth-order valence-corrected chi connectivity index (χ4v) is 4.21. The summed E-state index contributed by atoms with van der Waals surface area (Å²) in [4.78, 5) is 26.5. The number of likely N-dealkylation sites (tertiary alicyclic amines) is 1. The lowest BCUT2D eigenvalue weighted by atomic mass is 9.95. The van der Waals surface area contributed by atoms with E-state index in [1.54, 1.807) is 0 Å². The molecule has 0 bridgehead atoms. The zero-order chi connectivity index (χ0) is 20.2. The monoisotopic (exact) mass is 394 g/mol. The van der Waals surface area contributed by atoms with Gasteiger partial charge < -0.3 is 14.5 Å². The highest BCUT2D eigenvalue weighted by molar-refractivity contribution is 5.78. The number of hydrogen-bond donors (Lipinski definition) is 0. The van der Waals surface area contributed by atoms with Gasteiger partial charge >= 0.3 is 0 Å². The van der Waals surface area contributed by atoms with Gasteiger partial charge in [-0.1, -0.05) is 12.1 Å². The minimum atomic E-state index is 0.196. The van der Waals surface area contributed by atoms with E-state index in [9.17, 15) is 4.79 Å². The molecule has 0 radical (unpaired) electrons. The van der Waals surface area contributed by atoms with Crippen molar-refractivity contribution >= 4 is 5.91 Å². The summed E-state index contributed by atoms with van der Waals surface area (Å²) in [7, 11) is 2.14. The average Bonchev–Trinajstić information content (AvgIpc) is 2.75. The molecule has 6 nitrogen and oxygen atoms in total. The van der Waals surface area contributed by atoms with Crippen LogP contribution in [0.3, 0.4) is 0 Å². The molecule has 154 valence electrons. The van der Waals surface area contributed by atoms with Crippen molar-refractivity contribution in [2.45, 2.75) is 45.1 Å². The summed E-state index contributed by atoms with van der Waals surface area (Å²) in [5.74, 6) is 2.37. The Hall–Kier alpha value is -2.47. The first kappa shape index (κ1) is 19.8. The van der Waals surface area contributed by atoms with Gasteiger partial charge in [0.15, 0.2) is 0 Å². The van der Waals surface area contributed by atoms with Gasteiger partial charge in [-0.2, -0.15) is 0 Å². The van der Waals surface area contributed by atoms with Crippen LogP contribution in [0, 0.1) is 0 Å². The molecule has 6 heteroatoms. The summed E-state index contributed by atoms with van der Waals surface area (Å²) in [6.07, 6.45) is 5.33. The molecule has 1 fully saturated rings. The standard InChI is InChI=1S/C23H30N4O2/c1-3-29-20-6-4-17(5-7-20)14-22(28)27-12-8-18(9-13-27)23-24-15-19-16-26(2)11-10-21(19)25-23/h4-7,15,18H,3,8-14,16H2,1-2H3. The van der Waals surface area contributed by atoms with E-state index in [0.29, 0.717) is 18.9 Å². The zero-order valence-electron chi connectivity index (χ0n) is 17.4. The Morgan fingerprint density at radius 3 is 2.66 bits per heavy atom. The Labute approximate surface area is 172 Å². The molecule has 2 aliphatic rings. The molecule has 2 aromatic rings. The molecule has 0 aliphatic carbocycles. The van der Waals surface area contributed by atoms with Gasteiger partial charge in [-0.25, -0.2) is 9.97 Å². The molecule has 0 atom stereocenters. The smallest absolute Gasteiger partial charge is 0.226 e. The SMILES string of the molecule is CCOc1ccc(CC(=O)N2CCC(c3ncc4c(n3)CCN(C)C4)CC2)cc1. The lowest BCUT2D eigenvalue weighted by molar-refractivity contribution is -0.131. The second-order valence-corrected chi connectivity index (χ2v) is 8.10. The molecular weight excluding hydrogens is 364 g/mol. The maximum atomic E-state index is 12.7. The molecule has 1 amide bonds. The van der Waals surface area contributed by atoms with Crippen LogP contribution in [0.15, 0.2) is 30.5 Å². The van der Waals surface area contributed by atoms with Crippen molar-refractivity contribution in [3.05, 3.63) is 53.1 Å². The molecule has 3 heterocycles. The maximum Gasteiger partial charge on any atom is 0.226 e. The predicted octanol–water partition coefficient (Wildman–Crippen LogP) is 2.81. The van der Waals surface area contributed by atoms with Crippen LogP contribution in [0.2, 0.25) is 0 Å². The third-order valence-electron chi connectivity index (χ3n) is 5.95. The van der Waals surface area contributed by atoms with Gasteiger partial charge in [0.2, 0.25) is 5.91 Å². The van der Waals surface area contributed by atoms with Crippen LogP contribution >= 0.6 is 0 Å². The first-order chi connectivity index (χ1) is 14.1. The number of ether oxygens (including phenoxy) is 1. The number of hydrogen-bond acceptors (Lipinski definition) is 5. The molecule has 2 aliphatic heterocycles. The van der Waals surface area contributed by atoms with E-state index in [0.717, 1.165) is 62.6 Å². The van der Waals surface area contributed by atoms with Gasteiger partial charge in [-0.05, 0) is 44.5 Å². The van der Waals surface area contributed by atoms with Crippen LogP contribution in [-0.2, 0) is 24.2 Å². The molecule has 0 unspecified atom stereocenters. The van der Waals surface area contributed by atoms with Crippen LogP contribution in [0.1, 0.15) is 48.3 Å². The van der Waals surface area contributed by atoms with Crippen LogP contribution in [0.25, 0.3) is 0 Å². The highest BCUT2D eigenvalue weighted by Crippen LogP contribution is 2.27. The van der Waals surface area contributed by atoms with Crippen LogP contribution in [0.5, 0.6) is 5.75 Å². The number of piperidine rings is 1. The Morgan fingerprint density at radius 2 is 1.93 bits per heavy atom. The quantitative estimate of drug-likeness (QED) is 0.781. The summed E-state index contributed by atoms with van der Waals surface area (Å²) in [6.45, 7) is 6.18. The number of benzene rings is 1. The van der Waals surface area contributed by atoms with Gasteiger partial charge in [0.25, 0.3) is 0 Å².